The predicted molar refractivity (Wildman–Crippen MR) is 174 cm³/mol. The number of benzene rings is 3. The van der Waals surface area contributed by atoms with Crippen molar-refractivity contribution in [2.75, 3.05) is 21.6 Å². The second kappa shape index (κ2) is 27.0. The molecule has 1 heterocycles. The minimum absolute atomic E-state index is 0. The maximum absolute atomic E-state index is 12.1. The third-order valence-corrected chi connectivity index (χ3v) is 6.83. The van der Waals surface area contributed by atoms with Gasteiger partial charge in [-0.25, -0.2) is 8.42 Å². The first-order valence-electron chi connectivity index (χ1n) is 11.3. The van der Waals surface area contributed by atoms with Gasteiger partial charge in [0, 0.05) is 21.9 Å². The first kappa shape index (κ1) is 57.1. The number of nitrogens with one attached hydrogen (secondary N) is 2. The molecule has 27 heteroatoms. The summed E-state index contributed by atoms with van der Waals surface area (Å²) in [7, 11) is -5.17. The Labute approximate surface area is 373 Å². The van der Waals surface area contributed by atoms with Crippen LogP contribution in [-0.2, 0) is 28.9 Å². The van der Waals surface area contributed by atoms with E-state index in [1.807, 2.05) is 0 Å². The quantitative estimate of drug-likeness (QED) is 0.00745. The third kappa shape index (κ3) is 16.0. The Morgan fingerprint density at radius 2 is 1.56 bits per heavy atom. The predicted octanol–water partition coefficient (Wildman–Crippen LogP) is -5.05. The zero-order valence-corrected chi connectivity index (χ0v) is 33.0. The molecule has 21 nitrogen and oxygen atoms in total. The minimum atomic E-state index is -5.17. The number of azo groups is 1. The van der Waals surface area contributed by atoms with Crippen LogP contribution < -0.4 is 121 Å². The Morgan fingerprint density at radius 1 is 0.904 bits per heavy atom. The largest absolute Gasteiger partial charge is 1.00 e. The topological polar surface area (TPSA) is 318 Å². The van der Waals surface area contributed by atoms with Gasteiger partial charge in [-0.05, 0) is 41.8 Å². The van der Waals surface area contributed by atoms with Crippen LogP contribution in [0.2, 0.25) is 0 Å². The zero-order valence-electron chi connectivity index (χ0n) is 24.5. The summed E-state index contributed by atoms with van der Waals surface area (Å²) in [6.45, 7) is 0. The van der Waals surface area contributed by atoms with Gasteiger partial charge in [-0.3, -0.25) is 25.8 Å². The van der Waals surface area contributed by atoms with Gasteiger partial charge >= 0.3 is 88.7 Å². The monoisotopic (exact) mass is 813 g/mol. The molecule has 0 unspecified atom stereocenters. The Kier molecular flexibility index (Phi) is 29.7. The van der Waals surface area contributed by atoms with Crippen molar-refractivity contribution in [2.24, 2.45) is 10.2 Å². The maximum atomic E-state index is 12.1. The molecule has 0 spiro atoms. The van der Waals surface area contributed by atoms with Gasteiger partial charge in [0.05, 0.1) is 28.0 Å². The summed E-state index contributed by atoms with van der Waals surface area (Å²) < 4.78 is 44.6. The van der Waals surface area contributed by atoms with Gasteiger partial charge in [0.1, 0.15) is 39.3 Å². The van der Waals surface area contributed by atoms with Gasteiger partial charge in [-0.1, -0.05) is 41.0 Å². The number of hydrogen-bond acceptors (Lipinski definition) is 23. The molecule has 0 aliphatic rings. The van der Waals surface area contributed by atoms with E-state index in [9.17, 15) is 39.0 Å². The Balaban J connectivity index is -0.00000165. The van der Waals surface area contributed by atoms with Crippen LogP contribution in [0.15, 0.2) is 62.5 Å². The van der Waals surface area contributed by atoms with E-state index in [1.165, 1.54) is 30.3 Å². The number of aromatic hydroxyl groups is 1. The van der Waals surface area contributed by atoms with Crippen molar-refractivity contribution in [3.8, 4) is 17.0 Å². The van der Waals surface area contributed by atoms with E-state index in [0.717, 1.165) is 12.1 Å². The molecule has 0 saturated heterocycles. The molecule has 0 bridgehead atoms. The average Bonchev–Trinajstić information content (AvgIpc) is 2.99. The van der Waals surface area contributed by atoms with E-state index in [1.54, 1.807) is 0 Å². The van der Waals surface area contributed by atoms with Crippen molar-refractivity contribution in [3.63, 3.8) is 0 Å². The van der Waals surface area contributed by atoms with Gasteiger partial charge in [-0.2, -0.15) is 23.6 Å². The molecule has 0 atom stereocenters. The summed E-state index contributed by atoms with van der Waals surface area (Å²) in [5, 5.41) is 70.6. The van der Waals surface area contributed by atoms with Crippen LogP contribution in [0.3, 0.4) is 0 Å². The van der Waals surface area contributed by atoms with Gasteiger partial charge < -0.3 is 31.2 Å². The van der Waals surface area contributed by atoms with Crippen LogP contribution >= 0.6 is 24.1 Å². The summed E-state index contributed by atoms with van der Waals surface area (Å²) >= 11 is 0.836. The van der Waals surface area contributed by atoms with Crippen LogP contribution in [0.5, 0.6) is 5.75 Å². The molecule has 268 valence electrons. The molecule has 1 aromatic heterocycles. The fourth-order valence-corrected chi connectivity index (χ4v) is 4.66. The van der Waals surface area contributed by atoms with Crippen LogP contribution in [0.1, 0.15) is 29.7 Å². The molecule has 0 aliphatic heterocycles. The normalized spacial score (nSPS) is 9.87. The second-order valence-corrected chi connectivity index (χ2v) is 10.5. The first-order chi connectivity index (χ1) is 21.5. The molecule has 4 aromatic rings. The Bertz CT molecular complexity index is 1930. The standard InChI is InChI=1S/C21H17N9O12S3.4CH4.3Na/c22-13-3-1-10-7-12(44-42-40-35)9-15(31)17(10)18(13)29-28-14-4-2-11(8-16(14)45(36,37)38)24-20-25-19(23-5-6-43-41-39-34)26-21(27-20)30(32)33;;;;;;;/h1-4,7-9,31-35H,22H2,(H,36,37,38)(H2,23,24,25,26,27);4*1H4;;;/q;;;;;3*+1/p-3. The van der Waals surface area contributed by atoms with E-state index in [2.05, 4.69) is 65.9 Å². The number of aromatic nitrogens is 3. The van der Waals surface area contributed by atoms with E-state index in [0.29, 0.717) is 29.5 Å². The number of nitrogens with two attached hydrogens (primary N) is 1. The van der Waals surface area contributed by atoms with Crippen molar-refractivity contribution in [1.29, 1.82) is 0 Å². The smallest absolute Gasteiger partial charge is 0.744 e. The number of hydrogen-bond donors (Lipinski definition) is 6. The molecule has 0 aliphatic carbocycles. The maximum Gasteiger partial charge on any atom is 1.00 e. The number of nitrogens with zero attached hydrogens (tertiary/aromatic N) is 6. The van der Waals surface area contributed by atoms with Crippen molar-refractivity contribution in [1.82, 2.24) is 15.0 Å². The van der Waals surface area contributed by atoms with Crippen LogP contribution in [-0.4, -0.2) is 43.4 Å². The summed E-state index contributed by atoms with van der Waals surface area (Å²) in [5.41, 5.74) is 5.51. The Morgan fingerprint density at radius 3 is 2.17 bits per heavy atom. The second-order valence-electron chi connectivity index (χ2n) is 7.87. The van der Waals surface area contributed by atoms with Crippen molar-refractivity contribution >= 4 is 85.6 Å². The van der Waals surface area contributed by atoms with E-state index < -0.39 is 31.9 Å². The fourth-order valence-electron chi connectivity index (χ4n) is 3.43. The molecule has 52 heavy (non-hydrogen) atoms. The number of fused-ring (bicyclic) bond motifs is 1. The van der Waals surface area contributed by atoms with Crippen molar-refractivity contribution in [2.45, 2.75) is 39.5 Å². The van der Waals surface area contributed by atoms with Crippen LogP contribution in [0.25, 0.3) is 10.8 Å². The van der Waals surface area contributed by atoms with E-state index in [4.69, 9.17) is 5.73 Å². The van der Waals surface area contributed by atoms with Crippen LogP contribution in [0, 0.1) is 11.3 Å². The molecular weight excluding hydrogens is 783 g/mol. The fraction of sp³-hybridized carbons (Fsp3) is 0.160. The number of rotatable bonds is 12. The van der Waals surface area contributed by atoms with Crippen molar-refractivity contribution < 1.29 is 146 Å². The Hall–Kier alpha value is -1.62. The number of phenols is 1. The summed E-state index contributed by atoms with van der Waals surface area (Å²) in [6.07, 6.45) is 0. The molecule has 0 fully saturated rings. The minimum Gasteiger partial charge on any atom is -0.744 e. The van der Waals surface area contributed by atoms with E-state index in [-0.39, 0.29) is 163 Å². The zero-order chi connectivity index (χ0) is 32.6. The summed E-state index contributed by atoms with van der Waals surface area (Å²) in [5.74, 6) is -1.77. The SMILES string of the molecule is C.C.C.C.Nc1ccc2cc(SOO[O-])cc(O)c2c1N=Nc1ccc(Nc2nc(NC#CSOO[O-])nc(N(O)O)n2)cc1S(=O)(=O)[O-].[Na+].[Na+].[Na+]. The van der Waals surface area contributed by atoms with Crippen molar-refractivity contribution in [3.05, 3.63) is 42.5 Å². The number of nitrogen functional groups attached to an aromatic ring is 1. The van der Waals surface area contributed by atoms with Gasteiger partial charge in [0.2, 0.25) is 11.9 Å². The van der Waals surface area contributed by atoms with Gasteiger partial charge in [0.25, 0.3) is 5.95 Å². The molecule has 7 N–H and O–H groups in total. The average molecular weight is 814 g/mol. The molecule has 3 aromatic carbocycles. The first-order valence-corrected chi connectivity index (χ1v) is 14.2. The molecule has 0 radical (unpaired) electrons. The van der Waals surface area contributed by atoms with Gasteiger partial charge in [0.15, 0.2) is 0 Å². The number of anilines is 5. The van der Waals surface area contributed by atoms with Crippen LogP contribution in [0.4, 0.5) is 40.6 Å². The molecular formula is C25H30N9Na3O12S3. The molecule has 4 rings (SSSR count). The van der Waals surface area contributed by atoms with Gasteiger partial charge in [-0.15, -0.1) is 10.2 Å². The molecule has 0 saturated carbocycles. The summed E-state index contributed by atoms with van der Waals surface area (Å²) in [4.78, 5) is 10.7. The van der Waals surface area contributed by atoms with E-state index >= 15 is 0 Å². The third-order valence-electron chi connectivity index (χ3n) is 5.11. The summed E-state index contributed by atoms with van der Waals surface area (Å²) in [6, 6.07) is 11.2. The molecule has 0 amide bonds. The number of phenolic OH excluding ortho intramolecular Hbond substituents is 1.